The summed E-state index contributed by atoms with van der Waals surface area (Å²) in [7, 11) is -14.7. The van der Waals surface area contributed by atoms with Gasteiger partial charge < -0.3 is 20.8 Å². The maximum Gasteiger partial charge on any atom is 0.319 e. The summed E-state index contributed by atoms with van der Waals surface area (Å²) in [4.78, 5) is 15.4. The number of amides is 2. The summed E-state index contributed by atoms with van der Waals surface area (Å²) in [6.45, 7) is 1.33. The van der Waals surface area contributed by atoms with Crippen molar-refractivity contribution in [3.05, 3.63) is 96.7 Å². The number of azo groups is 3. The lowest BCUT2D eigenvalue weighted by atomic mass is 10.1. The number of hydrogen-bond acceptors (Lipinski definition) is 18. The molecule has 0 radical (unpaired) electrons. The highest BCUT2D eigenvalue weighted by atomic mass is 32.2. The van der Waals surface area contributed by atoms with Crippen molar-refractivity contribution >= 4 is 108 Å². The van der Waals surface area contributed by atoms with Gasteiger partial charge in [-0.1, -0.05) is 47.2 Å². The highest BCUT2D eigenvalue weighted by molar-refractivity contribution is 7.86. The molecular formula is C36H29N11O12S4. The highest BCUT2D eigenvalue weighted by Gasteiger charge is 2.24. The van der Waals surface area contributed by atoms with Crippen LogP contribution < -0.4 is 10.6 Å². The number of phenols is 1. The molecule has 324 valence electrons. The van der Waals surface area contributed by atoms with Gasteiger partial charge >= 0.3 is 6.03 Å². The Morgan fingerprint density at radius 3 is 2.08 bits per heavy atom. The maximum absolute atomic E-state index is 12.8. The van der Waals surface area contributed by atoms with Crippen molar-refractivity contribution in [1.82, 2.24) is 20.1 Å². The number of urea groups is 1. The summed E-state index contributed by atoms with van der Waals surface area (Å²) in [6, 6.07) is 19.1. The first-order valence-corrected chi connectivity index (χ1v) is 22.9. The first-order chi connectivity index (χ1) is 29.7. The van der Waals surface area contributed by atoms with E-state index in [2.05, 4.69) is 51.4 Å². The van der Waals surface area contributed by atoms with Crippen LogP contribution in [0.5, 0.6) is 11.6 Å². The number of anilines is 1. The Labute approximate surface area is 359 Å². The van der Waals surface area contributed by atoms with E-state index in [1.807, 2.05) is 6.92 Å². The third-order valence-electron chi connectivity index (χ3n) is 8.65. The van der Waals surface area contributed by atoms with E-state index >= 15 is 0 Å². The molecule has 7 N–H and O–H groups in total. The Morgan fingerprint density at radius 1 is 0.730 bits per heavy atom. The maximum atomic E-state index is 12.8. The summed E-state index contributed by atoms with van der Waals surface area (Å²) in [5, 5.41) is 53.9. The zero-order valence-electron chi connectivity index (χ0n) is 31.8. The molecule has 0 spiro atoms. The largest absolute Gasteiger partial charge is 0.505 e. The van der Waals surface area contributed by atoms with Gasteiger partial charge in [-0.15, -0.1) is 30.7 Å². The van der Waals surface area contributed by atoms with Crippen LogP contribution in [0.15, 0.2) is 132 Å². The Hall–Kier alpha value is -7.14. The summed E-state index contributed by atoms with van der Waals surface area (Å²) in [6.07, 6.45) is 1.17. The second-order valence-electron chi connectivity index (χ2n) is 13.1. The number of aryl methyl sites for hydroxylation is 1. The quantitative estimate of drug-likeness (QED) is 0.0424. The first kappa shape index (κ1) is 43.9. The average molecular weight is 936 g/mol. The molecule has 2 aromatic heterocycles. The fourth-order valence-electron chi connectivity index (χ4n) is 5.75. The predicted octanol–water partition coefficient (Wildman–Crippen LogP) is 8.10. The van der Waals surface area contributed by atoms with E-state index in [-0.39, 0.29) is 38.7 Å². The molecular weight excluding hydrogens is 907 g/mol. The number of hydrogen-bond donors (Lipinski definition) is 7. The molecule has 2 amide bonds. The van der Waals surface area contributed by atoms with Crippen LogP contribution in [-0.2, 0) is 30.4 Å². The zero-order chi connectivity index (χ0) is 45.3. The van der Waals surface area contributed by atoms with Gasteiger partial charge in [0.15, 0.2) is 11.4 Å². The van der Waals surface area contributed by atoms with E-state index < -0.39 is 81.5 Å². The van der Waals surface area contributed by atoms with E-state index in [1.54, 1.807) is 48.5 Å². The van der Waals surface area contributed by atoms with Crippen molar-refractivity contribution in [2.45, 2.75) is 16.7 Å². The number of nitrogens with zero attached hydrogens (tertiary/aromatic N) is 9. The van der Waals surface area contributed by atoms with Gasteiger partial charge in [0, 0.05) is 17.3 Å². The number of thiazole rings is 1. The number of nitrogens with one attached hydrogen (secondary N) is 2. The van der Waals surface area contributed by atoms with Crippen molar-refractivity contribution in [2.75, 3.05) is 17.6 Å². The van der Waals surface area contributed by atoms with Gasteiger partial charge in [0.1, 0.15) is 32.5 Å². The van der Waals surface area contributed by atoms with Gasteiger partial charge in [0.05, 0.1) is 33.5 Å². The van der Waals surface area contributed by atoms with Gasteiger partial charge in [-0.3, -0.25) is 13.7 Å². The summed E-state index contributed by atoms with van der Waals surface area (Å²) < 4.78 is 104. The number of rotatable bonds is 13. The molecule has 23 nitrogen and oxygen atoms in total. The molecule has 0 saturated carbocycles. The SMILES string of the molecule is Cc1ccc(-n2ncc(N=Nc3ccc4c(O)c(N=Nc5cc(NC(=O)NCCS(=O)(=O)O)c(N=Nc6nc7ccccc7s6)cc5S(=O)(=O)O)ccc4c3S(=O)(=O)O)c2O)cc1. The molecule has 0 fully saturated rings. The number of aromatic nitrogens is 3. The first-order valence-electron chi connectivity index (χ1n) is 17.6. The van der Waals surface area contributed by atoms with E-state index in [0.717, 1.165) is 51.9 Å². The Morgan fingerprint density at radius 2 is 1.38 bits per heavy atom. The Bertz CT molecular complexity index is 3360. The van der Waals surface area contributed by atoms with Crippen LogP contribution in [0.25, 0.3) is 26.7 Å². The molecule has 2 heterocycles. The smallest absolute Gasteiger partial charge is 0.319 e. The minimum atomic E-state index is -5.14. The molecule has 0 unspecified atom stereocenters. The van der Waals surface area contributed by atoms with Gasteiger partial charge in [-0.2, -0.15) is 35.0 Å². The van der Waals surface area contributed by atoms with Crippen molar-refractivity contribution < 1.29 is 53.9 Å². The lowest BCUT2D eigenvalue weighted by Gasteiger charge is -2.12. The van der Waals surface area contributed by atoms with E-state index in [0.29, 0.717) is 11.2 Å². The monoisotopic (exact) mass is 935 g/mol. The summed E-state index contributed by atoms with van der Waals surface area (Å²) in [5.74, 6) is -1.98. The Kier molecular flexibility index (Phi) is 12.1. The van der Waals surface area contributed by atoms with E-state index in [1.165, 1.54) is 16.9 Å². The molecule has 0 aliphatic carbocycles. The minimum Gasteiger partial charge on any atom is -0.505 e. The van der Waals surface area contributed by atoms with E-state index in [4.69, 9.17) is 4.55 Å². The molecule has 63 heavy (non-hydrogen) atoms. The predicted molar refractivity (Wildman–Crippen MR) is 227 cm³/mol. The van der Waals surface area contributed by atoms with Gasteiger partial charge in [0.25, 0.3) is 30.4 Å². The van der Waals surface area contributed by atoms with Crippen LogP contribution in [0.4, 0.5) is 44.1 Å². The number of phenolic OH excluding ortho intramolecular Hbond substituents is 1. The topological polar surface area (TPSA) is 350 Å². The zero-order valence-corrected chi connectivity index (χ0v) is 35.1. The third kappa shape index (κ3) is 10.2. The number of para-hydroxylation sites is 1. The highest BCUT2D eigenvalue weighted by Crippen LogP contribution is 2.43. The number of carbonyl (C=O) groups excluding carboxylic acids is 1. The molecule has 0 aliphatic rings. The summed E-state index contributed by atoms with van der Waals surface area (Å²) >= 11 is 1.13. The molecule has 0 bridgehead atoms. The molecule has 7 rings (SSSR count). The lowest BCUT2D eigenvalue weighted by Crippen LogP contribution is -2.32. The number of fused-ring (bicyclic) bond motifs is 2. The molecule has 0 saturated heterocycles. The second kappa shape index (κ2) is 17.3. The fraction of sp³-hybridized carbons (Fsp3) is 0.0833. The lowest BCUT2D eigenvalue weighted by molar-refractivity contribution is 0.252. The number of aromatic hydroxyl groups is 2. The Balaban J connectivity index is 1.25. The van der Waals surface area contributed by atoms with Crippen LogP contribution in [0.2, 0.25) is 0 Å². The van der Waals surface area contributed by atoms with Gasteiger partial charge in [0.2, 0.25) is 11.0 Å². The normalized spacial score (nSPS) is 12.6. The van der Waals surface area contributed by atoms with Crippen molar-refractivity contribution in [3.63, 3.8) is 0 Å². The van der Waals surface area contributed by atoms with E-state index in [9.17, 15) is 49.4 Å². The number of carbonyl (C=O) groups is 1. The fourth-order valence-corrected chi connectivity index (χ4v) is 8.35. The molecule has 5 aromatic carbocycles. The third-order valence-corrected chi connectivity index (χ3v) is 12.1. The van der Waals surface area contributed by atoms with Crippen LogP contribution in [-0.4, -0.2) is 82.2 Å². The molecule has 7 aromatic rings. The van der Waals surface area contributed by atoms with Crippen LogP contribution in [0.1, 0.15) is 5.56 Å². The molecule has 27 heteroatoms. The average Bonchev–Trinajstić information content (AvgIpc) is 3.80. The van der Waals surface area contributed by atoms with Crippen LogP contribution in [0, 0.1) is 6.92 Å². The minimum absolute atomic E-state index is 0.126. The van der Waals surface area contributed by atoms with Crippen molar-refractivity contribution in [3.8, 4) is 17.3 Å². The van der Waals surface area contributed by atoms with Crippen LogP contribution in [0.3, 0.4) is 0 Å². The molecule has 0 atom stereocenters. The second-order valence-corrected chi connectivity index (χ2v) is 18.4. The van der Waals surface area contributed by atoms with Gasteiger partial charge in [-0.25, -0.2) is 9.78 Å². The van der Waals surface area contributed by atoms with Crippen molar-refractivity contribution in [2.24, 2.45) is 30.7 Å². The summed E-state index contributed by atoms with van der Waals surface area (Å²) in [5.41, 5.74) is -0.190. The molecule has 0 aliphatic heterocycles. The van der Waals surface area contributed by atoms with Crippen LogP contribution >= 0.6 is 11.3 Å². The standard InChI is InChI=1S/C36H29N11O12S4/c1-19-6-8-20(9-7-19)47-34(49)29(18-38-47)45-42-25-13-10-21-22(33(25)63(57,58)59)11-12-24(32(21)48)41-44-28-16-26(39-35(50)37-14-15-61(51,52)53)27(17-31(28)62(54,55)56)43-46-36-40-23-4-2-3-5-30(23)60-36/h2-13,16-18,48-49H,14-15H2,1H3,(H2,37,39,50)(H,51,52,53)(H,54,55,56)(H,57,58,59). The number of benzene rings is 5. The van der Waals surface area contributed by atoms with Crippen molar-refractivity contribution in [1.29, 1.82) is 0 Å². The van der Waals surface area contributed by atoms with Gasteiger partial charge in [-0.05, 0) is 61.5 Å².